The van der Waals surface area contributed by atoms with Gasteiger partial charge in [-0.2, -0.15) is 0 Å². The zero-order valence-electron chi connectivity index (χ0n) is 52.6. The number of rotatable bonds is 57. The van der Waals surface area contributed by atoms with Crippen LogP contribution in [-0.4, -0.2) is 70.0 Å². The maximum Gasteiger partial charge on any atom is 0.306 e. The van der Waals surface area contributed by atoms with Gasteiger partial charge in [0.15, 0.2) is 6.10 Å². The second kappa shape index (κ2) is 61.2. The van der Waals surface area contributed by atoms with Crippen LogP contribution in [0.4, 0.5) is 0 Å². The van der Waals surface area contributed by atoms with Crippen LogP contribution >= 0.6 is 7.82 Å². The average molecular weight is 1160 g/mol. The van der Waals surface area contributed by atoms with Gasteiger partial charge in [-0.1, -0.05) is 249 Å². The number of hydrogen-bond acceptors (Lipinski definition) is 8. The van der Waals surface area contributed by atoms with Crippen LogP contribution in [0.5, 0.6) is 0 Å². The molecule has 464 valence electrons. The summed E-state index contributed by atoms with van der Waals surface area (Å²) < 4.78 is 34.2. The number of phosphoric acid groups is 1. The number of quaternary nitrogens is 1. The van der Waals surface area contributed by atoms with Crippen LogP contribution in [-0.2, 0) is 32.7 Å². The lowest BCUT2D eigenvalue weighted by atomic mass is 10.1. The van der Waals surface area contributed by atoms with Crippen molar-refractivity contribution in [1.82, 2.24) is 0 Å². The number of carbonyl (C=O) groups is 2. The highest BCUT2D eigenvalue weighted by atomic mass is 31.2. The van der Waals surface area contributed by atoms with E-state index in [4.69, 9.17) is 18.5 Å². The summed E-state index contributed by atoms with van der Waals surface area (Å²) in [4.78, 5) is 37.9. The van der Waals surface area contributed by atoms with Crippen molar-refractivity contribution in [2.75, 3.05) is 47.5 Å². The lowest BCUT2D eigenvalue weighted by Crippen LogP contribution is -2.37. The van der Waals surface area contributed by atoms with Gasteiger partial charge in [-0.15, -0.1) is 0 Å². The number of ether oxygens (including phenoxy) is 2. The molecule has 0 aliphatic rings. The molecule has 10 heteroatoms. The number of hydrogen-bond donors (Lipinski definition) is 0. The van der Waals surface area contributed by atoms with Crippen LogP contribution in [0.3, 0.4) is 0 Å². The molecule has 0 aromatic rings. The van der Waals surface area contributed by atoms with Crippen molar-refractivity contribution in [3.63, 3.8) is 0 Å². The standard InChI is InChI=1S/C72H118NO8P/c1-6-8-10-12-14-16-18-20-22-24-26-27-28-29-30-31-32-33-34-35-36-37-38-39-40-41-42-43-44-45-47-49-51-53-55-57-59-61-63-65-72(75)81-70(69-80-82(76,77)79-67-66-73(3,4)5)68-78-71(74)64-62-60-58-56-54-52-50-48-46-25-23-21-19-17-15-13-11-9-7-2/h8,10,14-17,20-23,26-27,29-30,32-33,35-36,38-39,41-42,44-45,49,51,70H,6-7,9,11-13,18-19,24-25,28,31,34,37,40,43,46-48,50,52-69H2,1-5H3/b10-8-,16-14-,17-15-,22-20-,23-21-,27-26-,30-29-,33-32-,36-35-,39-38-,42-41-,45-44-,51-49-. The van der Waals surface area contributed by atoms with Crippen LogP contribution in [0.25, 0.3) is 0 Å². The molecule has 0 spiro atoms. The molecule has 0 saturated heterocycles. The molecule has 0 rings (SSSR count). The van der Waals surface area contributed by atoms with Crippen LogP contribution in [0.15, 0.2) is 158 Å². The van der Waals surface area contributed by atoms with E-state index in [1.807, 2.05) is 21.1 Å². The Morgan fingerprint density at radius 3 is 1.04 bits per heavy atom. The zero-order chi connectivity index (χ0) is 59.8. The van der Waals surface area contributed by atoms with Gasteiger partial charge in [0.05, 0.1) is 27.7 Å². The van der Waals surface area contributed by atoms with Gasteiger partial charge >= 0.3 is 11.9 Å². The average Bonchev–Trinajstić information content (AvgIpc) is 3.46. The van der Waals surface area contributed by atoms with Crippen molar-refractivity contribution < 1.29 is 42.1 Å². The second-order valence-corrected chi connectivity index (χ2v) is 23.4. The third kappa shape index (κ3) is 64.8. The SMILES string of the molecule is CC/C=C\C/C=C\C/C=C\C/C=C\C/C=C\C/C=C\C/C=C\C/C=C\C/C=C\C/C=C\C/C=C\CCCCCCCC(=O)OC(COC(=O)CCCCCCCCCCC/C=C\C/C=C\CCCCC)COP(=O)([O-])OCC[N+](C)(C)C. The van der Waals surface area contributed by atoms with Crippen LogP contribution in [0.1, 0.15) is 232 Å². The monoisotopic (exact) mass is 1160 g/mol. The molecule has 0 heterocycles. The van der Waals surface area contributed by atoms with E-state index in [1.54, 1.807) is 0 Å². The van der Waals surface area contributed by atoms with E-state index in [1.165, 1.54) is 57.8 Å². The van der Waals surface area contributed by atoms with Crippen LogP contribution in [0.2, 0.25) is 0 Å². The molecule has 0 aliphatic heterocycles. The number of allylic oxidation sites excluding steroid dienone is 26. The van der Waals surface area contributed by atoms with Gasteiger partial charge in [0.25, 0.3) is 7.82 Å². The highest BCUT2D eigenvalue weighted by Crippen LogP contribution is 2.38. The molecule has 0 saturated carbocycles. The summed E-state index contributed by atoms with van der Waals surface area (Å²) >= 11 is 0. The van der Waals surface area contributed by atoms with E-state index in [2.05, 4.69) is 172 Å². The van der Waals surface area contributed by atoms with E-state index in [9.17, 15) is 19.0 Å². The fourth-order valence-electron chi connectivity index (χ4n) is 8.10. The summed E-state index contributed by atoms with van der Waals surface area (Å²) in [5.41, 5.74) is 0. The minimum absolute atomic E-state index is 0.0439. The van der Waals surface area contributed by atoms with Crippen molar-refractivity contribution in [2.24, 2.45) is 0 Å². The summed E-state index contributed by atoms with van der Waals surface area (Å²) in [5.74, 6) is -0.870. The lowest BCUT2D eigenvalue weighted by Gasteiger charge is -2.28. The van der Waals surface area contributed by atoms with Crippen molar-refractivity contribution in [3.8, 4) is 0 Å². The van der Waals surface area contributed by atoms with Crippen molar-refractivity contribution in [1.29, 1.82) is 0 Å². The summed E-state index contributed by atoms with van der Waals surface area (Å²) in [7, 11) is 1.13. The Kier molecular flexibility index (Phi) is 57.9. The quantitative estimate of drug-likeness (QED) is 0.0195. The lowest BCUT2D eigenvalue weighted by molar-refractivity contribution is -0.870. The van der Waals surface area contributed by atoms with Crippen molar-refractivity contribution in [3.05, 3.63) is 158 Å². The molecular formula is C72H118NO8P. The van der Waals surface area contributed by atoms with Gasteiger partial charge in [0.1, 0.15) is 19.8 Å². The third-order valence-electron chi connectivity index (χ3n) is 13.0. The molecule has 0 N–H and O–H groups in total. The molecule has 2 unspecified atom stereocenters. The van der Waals surface area contributed by atoms with Crippen molar-refractivity contribution in [2.45, 2.75) is 238 Å². The van der Waals surface area contributed by atoms with E-state index in [0.717, 1.165) is 135 Å². The first-order chi connectivity index (χ1) is 40.0. The second-order valence-electron chi connectivity index (χ2n) is 22.0. The molecule has 0 aliphatic carbocycles. The van der Waals surface area contributed by atoms with Gasteiger partial charge in [-0.05, 0) is 128 Å². The molecule has 0 amide bonds. The molecule has 2 atom stereocenters. The highest BCUT2D eigenvalue weighted by molar-refractivity contribution is 7.45. The van der Waals surface area contributed by atoms with E-state index >= 15 is 0 Å². The van der Waals surface area contributed by atoms with Crippen LogP contribution < -0.4 is 4.89 Å². The Morgan fingerprint density at radius 2 is 0.695 bits per heavy atom. The number of likely N-dealkylation sites (N-methyl/N-ethyl adjacent to an activating group) is 1. The smallest absolute Gasteiger partial charge is 0.306 e. The molecule has 0 fully saturated rings. The summed E-state index contributed by atoms with van der Waals surface area (Å²) in [6.07, 6.45) is 91.6. The normalized spacial score (nSPS) is 14.3. The summed E-state index contributed by atoms with van der Waals surface area (Å²) in [6.45, 7) is 4.06. The first kappa shape index (κ1) is 77.6. The number of unbranched alkanes of at least 4 members (excludes halogenated alkanes) is 17. The molecule has 82 heavy (non-hydrogen) atoms. The van der Waals surface area contributed by atoms with E-state index < -0.39 is 32.5 Å². The van der Waals surface area contributed by atoms with Crippen LogP contribution in [0, 0.1) is 0 Å². The highest BCUT2D eigenvalue weighted by Gasteiger charge is 2.22. The minimum atomic E-state index is -4.66. The number of esters is 2. The number of carbonyl (C=O) groups excluding carboxylic acids is 2. The fraction of sp³-hybridized carbons (Fsp3) is 0.611. The number of phosphoric ester groups is 1. The Bertz CT molecular complexity index is 1940. The number of nitrogens with zero attached hydrogens (tertiary/aromatic N) is 1. The topological polar surface area (TPSA) is 111 Å². The van der Waals surface area contributed by atoms with Gasteiger partial charge in [-0.25, -0.2) is 0 Å². The van der Waals surface area contributed by atoms with Gasteiger partial charge < -0.3 is 27.9 Å². The molecule has 0 bridgehead atoms. The predicted molar refractivity (Wildman–Crippen MR) is 350 cm³/mol. The van der Waals surface area contributed by atoms with E-state index in [-0.39, 0.29) is 26.1 Å². The summed E-state index contributed by atoms with van der Waals surface area (Å²) in [5, 5.41) is 0. The largest absolute Gasteiger partial charge is 0.756 e. The molecule has 9 nitrogen and oxygen atoms in total. The Morgan fingerprint density at radius 1 is 0.390 bits per heavy atom. The molecular weight excluding hydrogens is 1040 g/mol. The first-order valence-electron chi connectivity index (χ1n) is 32.2. The minimum Gasteiger partial charge on any atom is -0.756 e. The molecule has 0 aromatic carbocycles. The maximum absolute atomic E-state index is 12.8. The fourth-order valence-corrected chi connectivity index (χ4v) is 8.83. The van der Waals surface area contributed by atoms with Gasteiger partial charge in [0.2, 0.25) is 0 Å². The van der Waals surface area contributed by atoms with Crippen molar-refractivity contribution >= 4 is 19.8 Å². The van der Waals surface area contributed by atoms with E-state index in [0.29, 0.717) is 23.9 Å². The van der Waals surface area contributed by atoms with Gasteiger partial charge in [-0.3, -0.25) is 14.2 Å². The van der Waals surface area contributed by atoms with Gasteiger partial charge in [0, 0.05) is 12.8 Å². The molecule has 0 radical (unpaired) electrons. The summed E-state index contributed by atoms with van der Waals surface area (Å²) in [6, 6.07) is 0. The Labute approximate surface area is 503 Å². The molecule has 0 aromatic heterocycles. The Hall–Kier alpha value is -4.37. The Balaban J connectivity index is 4.20. The third-order valence-corrected chi connectivity index (χ3v) is 14.0. The predicted octanol–water partition coefficient (Wildman–Crippen LogP) is 20.2. The zero-order valence-corrected chi connectivity index (χ0v) is 53.5. The first-order valence-corrected chi connectivity index (χ1v) is 33.7. The maximum atomic E-state index is 12.8.